The molecule has 0 aromatic heterocycles. The Hall–Kier alpha value is -3.51. The molecular formula is C22H20N2O4. The first-order chi connectivity index (χ1) is 13.6. The molecule has 1 aliphatic carbocycles. The summed E-state index contributed by atoms with van der Waals surface area (Å²) in [7, 11) is 2.88. The smallest absolute Gasteiger partial charge is 0.182 e. The van der Waals surface area contributed by atoms with Crippen LogP contribution in [0, 0.1) is 11.8 Å². The van der Waals surface area contributed by atoms with Gasteiger partial charge in [-0.2, -0.15) is 0 Å². The number of nitroso groups, excluding NO2 is 1. The topological polar surface area (TPSA) is 91.9 Å². The van der Waals surface area contributed by atoms with Gasteiger partial charge < -0.3 is 14.8 Å². The molecule has 6 nitrogen and oxygen atoms in total. The van der Waals surface area contributed by atoms with Crippen molar-refractivity contribution in [2.24, 2.45) is 5.18 Å². The summed E-state index contributed by atoms with van der Waals surface area (Å²) in [5, 5.41) is 14.0. The maximum absolute atomic E-state index is 11.8. The Morgan fingerprint density at radius 1 is 0.964 bits per heavy atom. The Kier molecular flexibility index (Phi) is 5.52. The molecule has 6 heteroatoms. The van der Waals surface area contributed by atoms with Crippen LogP contribution in [0.15, 0.2) is 69.0 Å². The Bertz CT molecular complexity index is 1180. The van der Waals surface area contributed by atoms with Gasteiger partial charge in [0.1, 0.15) is 17.0 Å². The summed E-state index contributed by atoms with van der Waals surface area (Å²) < 4.78 is 5.91. The van der Waals surface area contributed by atoms with Crippen LogP contribution in [0.2, 0.25) is 0 Å². The van der Waals surface area contributed by atoms with Gasteiger partial charge in [-0.25, -0.2) is 0 Å². The van der Waals surface area contributed by atoms with Gasteiger partial charge in [-0.05, 0) is 59.6 Å². The summed E-state index contributed by atoms with van der Waals surface area (Å²) in [4.78, 5) is 22.7. The molecule has 0 spiro atoms. The van der Waals surface area contributed by atoms with Crippen molar-refractivity contribution >= 4 is 22.3 Å². The third-order valence-electron chi connectivity index (χ3n) is 4.57. The number of nitrogens with one attached hydrogen (secondary N) is 1. The van der Waals surface area contributed by atoms with Crippen molar-refractivity contribution in [3.8, 4) is 22.5 Å². The highest BCUT2D eigenvalue weighted by atomic mass is 16.3. The predicted molar refractivity (Wildman–Crippen MR) is 112 cm³/mol. The maximum atomic E-state index is 11.8. The van der Waals surface area contributed by atoms with E-state index in [-0.39, 0.29) is 11.1 Å². The Labute approximate surface area is 161 Å². The lowest BCUT2D eigenvalue weighted by Crippen LogP contribution is -2.00. The van der Waals surface area contributed by atoms with Crippen molar-refractivity contribution in [3.05, 3.63) is 75.3 Å². The number of aliphatic hydroxyl groups excluding tert-OH is 1. The normalized spacial score (nSPS) is 10.4. The number of anilines is 1. The fourth-order valence-electron chi connectivity index (χ4n) is 3.31. The first-order valence-electron chi connectivity index (χ1n) is 8.68. The largest absolute Gasteiger partial charge is 0.456 e. The van der Waals surface area contributed by atoms with Crippen LogP contribution in [0.4, 0.5) is 11.4 Å². The zero-order valence-corrected chi connectivity index (χ0v) is 15.8. The van der Waals surface area contributed by atoms with Crippen LogP contribution in [0.3, 0.4) is 0 Å². The summed E-state index contributed by atoms with van der Waals surface area (Å²) in [6.07, 6.45) is 0. The third-order valence-corrected chi connectivity index (χ3v) is 4.57. The number of hydrogen-bond donors (Lipinski definition) is 2. The van der Waals surface area contributed by atoms with E-state index in [9.17, 15) is 9.70 Å². The highest BCUT2D eigenvalue weighted by Crippen LogP contribution is 2.42. The lowest BCUT2D eigenvalue weighted by atomic mass is 9.91. The molecule has 2 N–H and O–H groups in total. The molecular weight excluding hydrogens is 356 g/mol. The second-order valence-electron chi connectivity index (χ2n) is 6.19. The number of hydrogen-bond acceptors (Lipinski definition) is 6. The maximum Gasteiger partial charge on any atom is 0.182 e. The fourth-order valence-corrected chi connectivity index (χ4v) is 3.31. The zero-order chi connectivity index (χ0) is 20.3. The van der Waals surface area contributed by atoms with E-state index in [1.165, 1.54) is 12.1 Å². The molecule has 2 aromatic carbocycles. The lowest BCUT2D eigenvalue weighted by molar-refractivity contribution is 0.399. The number of aliphatic hydroxyl groups is 1. The number of rotatable bonds is 3. The molecule has 2 aromatic rings. The third kappa shape index (κ3) is 3.37. The molecule has 0 bridgehead atoms. The van der Waals surface area contributed by atoms with Gasteiger partial charge in [0.05, 0.1) is 0 Å². The molecule has 0 saturated heterocycles. The Balaban J connectivity index is 0.00000109. The van der Waals surface area contributed by atoms with E-state index in [4.69, 9.17) is 9.52 Å². The van der Waals surface area contributed by atoms with Gasteiger partial charge in [0.2, 0.25) is 0 Å². The second-order valence-corrected chi connectivity index (χ2v) is 6.19. The standard InChI is InChI=1S/C21H16N2O3.CH4O/c1-12-9-13(22-2)3-6-16(12)21-17-7-4-14(23-25)10-19(17)26-20-11-15(24)5-8-18(20)21;1-2/h3-11,22H,1-2H3;2H,1H3. The SMILES string of the molecule is CNc1ccc(-c2c3ccc(=O)cc-3oc3cc(N=O)ccc23)c(C)c1.CO. The van der Waals surface area contributed by atoms with Gasteiger partial charge in [-0.3, -0.25) is 4.79 Å². The Morgan fingerprint density at radius 3 is 2.39 bits per heavy atom. The van der Waals surface area contributed by atoms with E-state index in [1.807, 2.05) is 32.2 Å². The summed E-state index contributed by atoms with van der Waals surface area (Å²) in [5.41, 5.74) is 5.66. The zero-order valence-electron chi connectivity index (χ0n) is 15.8. The van der Waals surface area contributed by atoms with Crippen LogP contribution in [-0.2, 0) is 0 Å². The van der Waals surface area contributed by atoms with Crippen molar-refractivity contribution in [1.29, 1.82) is 0 Å². The quantitative estimate of drug-likeness (QED) is 0.391. The van der Waals surface area contributed by atoms with Crippen LogP contribution >= 0.6 is 0 Å². The average Bonchev–Trinajstić information content (AvgIpc) is 2.73. The van der Waals surface area contributed by atoms with Crippen molar-refractivity contribution in [3.63, 3.8) is 0 Å². The van der Waals surface area contributed by atoms with Gasteiger partial charge in [-0.15, -0.1) is 4.91 Å². The summed E-state index contributed by atoms with van der Waals surface area (Å²) in [5.74, 6) is 0.486. The van der Waals surface area contributed by atoms with Crippen molar-refractivity contribution in [2.75, 3.05) is 19.5 Å². The van der Waals surface area contributed by atoms with Crippen LogP contribution in [0.5, 0.6) is 0 Å². The van der Waals surface area contributed by atoms with Gasteiger partial charge >= 0.3 is 0 Å². The number of aryl methyl sites for hydroxylation is 1. The summed E-state index contributed by atoms with van der Waals surface area (Å²) in [6.45, 7) is 2.04. The Morgan fingerprint density at radius 2 is 1.71 bits per heavy atom. The second kappa shape index (κ2) is 8.02. The van der Waals surface area contributed by atoms with Gasteiger partial charge in [0.25, 0.3) is 0 Å². The van der Waals surface area contributed by atoms with E-state index < -0.39 is 0 Å². The minimum absolute atomic E-state index is 0.126. The van der Waals surface area contributed by atoms with Crippen LogP contribution in [0.1, 0.15) is 5.56 Å². The molecule has 0 saturated carbocycles. The molecule has 0 atom stereocenters. The highest BCUT2D eigenvalue weighted by molar-refractivity contribution is 6.03. The fraction of sp³-hybridized carbons (Fsp3) is 0.136. The average molecular weight is 376 g/mol. The molecule has 0 amide bonds. The van der Waals surface area contributed by atoms with E-state index in [1.54, 1.807) is 18.2 Å². The monoisotopic (exact) mass is 376 g/mol. The summed E-state index contributed by atoms with van der Waals surface area (Å²) >= 11 is 0. The molecule has 28 heavy (non-hydrogen) atoms. The minimum atomic E-state index is -0.126. The first-order valence-corrected chi connectivity index (χ1v) is 8.68. The summed E-state index contributed by atoms with van der Waals surface area (Å²) in [6, 6.07) is 16.0. The highest BCUT2D eigenvalue weighted by Gasteiger charge is 2.19. The minimum Gasteiger partial charge on any atom is -0.456 e. The predicted octanol–water partition coefficient (Wildman–Crippen LogP) is 4.92. The molecule has 0 fully saturated rings. The molecule has 1 aliphatic heterocycles. The van der Waals surface area contributed by atoms with Crippen LogP contribution in [0.25, 0.3) is 33.4 Å². The first kappa shape index (κ1) is 19.3. The molecule has 0 unspecified atom stereocenters. The molecule has 142 valence electrons. The van der Waals surface area contributed by atoms with Gasteiger partial charge in [0, 0.05) is 48.5 Å². The van der Waals surface area contributed by atoms with E-state index >= 15 is 0 Å². The van der Waals surface area contributed by atoms with Crippen LogP contribution < -0.4 is 10.7 Å². The lowest BCUT2D eigenvalue weighted by Gasteiger charge is -2.17. The number of nitrogens with zero attached hydrogens (tertiary/aromatic N) is 1. The van der Waals surface area contributed by atoms with Gasteiger partial charge in [-0.1, -0.05) is 6.07 Å². The van der Waals surface area contributed by atoms with E-state index in [0.29, 0.717) is 11.3 Å². The molecule has 4 rings (SSSR count). The van der Waals surface area contributed by atoms with Crippen molar-refractivity contribution in [2.45, 2.75) is 6.92 Å². The number of fused-ring (bicyclic) bond motifs is 2. The molecule has 0 radical (unpaired) electrons. The number of benzene rings is 3. The van der Waals surface area contributed by atoms with Gasteiger partial charge in [0.15, 0.2) is 5.43 Å². The van der Waals surface area contributed by atoms with Crippen molar-refractivity contribution < 1.29 is 9.52 Å². The van der Waals surface area contributed by atoms with Crippen molar-refractivity contribution in [1.82, 2.24) is 0 Å². The van der Waals surface area contributed by atoms with E-state index in [2.05, 4.69) is 16.6 Å². The van der Waals surface area contributed by atoms with Crippen LogP contribution in [-0.4, -0.2) is 19.3 Å². The molecule has 1 heterocycles. The van der Waals surface area contributed by atoms with E-state index in [0.717, 1.165) is 40.4 Å². The molecule has 2 aliphatic rings.